The smallest absolute Gasteiger partial charge is 0.134 e. The van der Waals surface area contributed by atoms with Gasteiger partial charge in [0.15, 0.2) is 0 Å². The molecule has 0 radical (unpaired) electrons. The van der Waals surface area contributed by atoms with Crippen molar-refractivity contribution in [3.05, 3.63) is 72.8 Å². The van der Waals surface area contributed by atoms with Crippen molar-refractivity contribution in [3.63, 3.8) is 0 Å². The fourth-order valence-electron chi connectivity index (χ4n) is 2.53. The summed E-state index contributed by atoms with van der Waals surface area (Å²) in [4.78, 5) is 17.1. The Kier molecular flexibility index (Phi) is 3.12. The molecule has 1 N–H and O–H groups in total. The fourth-order valence-corrected chi connectivity index (χ4v) is 2.53. The van der Waals surface area contributed by atoms with Crippen molar-refractivity contribution < 1.29 is 0 Å². The summed E-state index contributed by atoms with van der Waals surface area (Å²) < 4.78 is 0. The van der Waals surface area contributed by atoms with Gasteiger partial charge in [-0.25, -0.2) is 4.98 Å². The first-order valence-electron chi connectivity index (χ1n) is 7.21. The van der Waals surface area contributed by atoms with Gasteiger partial charge in [-0.2, -0.15) is 0 Å². The minimum absolute atomic E-state index is 0.835. The highest BCUT2D eigenvalue weighted by Gasteiger charge is 2.17. The number of rotatable bonds is 3. The SMILES string of the molecule is C1=CCC(c2nc(-c3ccccn3)c(-c3ccccn3)[nH]2)=C1. The van der Waals surface area contributed by atoms with Crippen molar-refractivity contribution in [1.82, 2.24) is 19.9 Å². The Balaban J connectivity index is 1.88. The van der Waals surface area contributed by atoms with Crippen LogP contribution in [0.15, 0.2) is 67.0 Å². The Hall–Kier alpha value is -3.01. The Morgan fingerprint density at radius 2 is 1.68 bits per heavy atom. The number of allylic oxidation sites excluding steroid dienone is 4. The van der Waals surface area contributed by atoms with E-state index in [0.29, 0.717) is 0 Å². The summed E-state index contributed by atoms with van der Waals surface area (Å²) in [6.07, 6.45) is 10.7. The highest BCUT2D eigenvalue weighted by atomic mass is 15.0. The second-order valence-electron chi connectivity index (χ2n) is 5.06. The first-order chi connectivity index (χ1) is 10.9. The van der Waals surface area contributed by atoms with Gasteiger partial charge in [-0.3, -0.25) is 9.97 Å². The Morgan fingerprint density at radius 1 is 0.909 bits per heavy atom. The van der Waals surface area contributed by atoms with Crippen LogP contribution in [0, 0.1) is 0 Å². The van der Waals surface area contributed by atoms with Crippen LogP contribution < -0.4 is 0 Å². The molecule has 3 heterocycles. The van der Waals surface area contributed by atoms with Gasteiger partial charge >= 0.3 is 0 Å². The molecule has 4 heteroatoms. The second kappa shape index (κ2) is 5.41. The predicted molar refractivity (Wildman–Crippen MR) is 86.8 cm³/mol. The molecule has 0 aliphatic heterocycles. The zero-order valence-electron chi connectivity index (χ0n) is 11.9. The van der Waals surface area contributed by atoms with Gasteiger partial charge in [0, 0.05) is 12.4 Å². The van der Waals surface area contributed by atoms with Gasteiger partial charge in [0.2, 0.25) is 0 Å². The Labute approximate surface area is 128 Å². The van der Waals surface area contributed by atoms with E-state index >= 15 is 0 Å². The molecule has 0 spiro atoms. The molecule has 1 aliphatic carbocycles. The quantitative estimate of drug-likeness (QED) is 0.795. The number of hydrogen-bond acceptors (Lipinski definition) is 3. The van der Waals surface area contributed by atoms with E-state index in [4.69, 9.17) is 4.98 Å². The van der Waals surface area contributed by atoms with Crippen LogP contribution in [0.25, 0.3) is 28.3 Å². The summed E-state index contributed by atoms with van der Waals surface area (Å²) in [6.45, 7) is 0. The second-order valence-corrected chi connectivity index (χ2v) is 5.06. The molecule has 0 saturated heterocycles. The summed E-state index contributed by atoms with van der Waals surface area (Å²) in [6, 6.07) is 11.7. The van der Waals surface area contributed by atoms with Crippen molar-refractivity contribution in [2.75, 3.05) is 0 Å². The maximum absolute atomic E-state index is 4.77. The van der Waals surface area contributed by atoms with Gasteiger partial charge in [0.1, 0.15) is 11.5 Å². The summed E-state index contributed by atoms with van der Waals surface area (Å²) in [5.41, 5.74) is 4.63. The standard InChI is InChI=1S/C18H14N4/c1-2-8-13(7-1)18-21-16(14-9-3-5-11-19-14)17(22-18)15-10-4-6-12-20-15/h1-7,9-12H,8H2,(H,21,22). The first-order valence-corrected chi connectivity index (χ1v) is 7.21. The van der Waals surface area contributed by atoms with Crippen LogP contribution in [0.5, 0.6) is 0 Å². The van der Waals surface area contributed by atoms with Crippen LogP contribution >= 0.6 is 0 Å². The molecule has 22 heavy (non-hydrogen) atoms. The van der Waals surface area contributed by atoms with Crippen molar-refractivity contribution in [2.24, 2.45) is 0 Å². The number of nitrogens with zero attached hydrogens (tertiary/aromatic N) is 3. The number of H-pyrrole nitrogens is 1. The van der Waals surface area contributed by atoms with Gasteiger partial charge in [-0.1, -0.05) is 30.4 Å². The van der Waals surface area contributed by atoms with E-state index in [9.17, 15) is 0 Å². The molecule has 106 valence electrons. The lowest BCUT2D eigenvalue weighted by Gasteiger charge is -2.00. The highest BCUT2D eigenvalue weighted by molar-refractivity contribution is 5.78. The van der Waals surface area contributed by atoms with Crippen LogP contribution in [-0.4, -0.2) is 19.9 Å². The van der Waals surface area contributed by atoms with Gasteiger partial charge < -0.3 is 4.98 Å². The number of aromatic amines is 1. The molecule has 0 bridgehead atoms. The van der Waals surface area contributed by atoms with E-state index in [-0.39, 0.29) is 0 Å². The van der Waals surface area contributed by atoms with E-state index in [1.54, 1.807) is 12.4 Å². The van der Waals surface area contributed by atoms with Crippen molar-refractivity contribution in [3.8, 4) is 22.8 Å². The van der Waals surface area contributed by atoms with Crippen LogP contribution in [0.1, 0.15) is 12.2 Å². The lowest BCUT2D eigenvalue weighted by molar-refractivity contribution is 1.19. The molecule has 4 nitrogen and oxygen atoms in total. The summed E-state index contributed by atoms with van der Waals surface area (Å²) in [5, 5.41) is 0. The van der Waals surface area contributed by atoms with E-state index in [2.05, 4.69) is 33.2 Å². The summed E-state index contributed by atoms with van der Waals surface area (Å²) in [5.74, 6) is 0.881. The molecular formula is C18H14N4. The number of nitrogens with one attached hydrogen (secondary N) is 1. The molecular weight excluding hydrogens is 272 g/mol. The number of hydrogen-bond donors (Lipinski definition) is 1. The third kappa shape index (κ3) is 2.24. The van der Waals surface area contributed by atoms with Crippen LogP contribution in [-0.2, 0) is 0 Å². The Bertz CT molecular complexity index is 788. The predicted octanol–water partition coefficient (Wildman–Crippen LogP) is 3.88. The van der Waals surface area contributed by atoms with E-state index in [1.165, 1.54) is 5.57 Å². The summed E-state index contributed by atoms with van der Waals surface area (Å²) in [7, 11) is 0. The molecule has 3 aromatic rings. The average molecular weight is 286 g/mol. The van der Waals surface area contributed by atoms with E-state index in [1.807, 2.05) is 36.4 Å². The van der Waals surface area contributed by atoms with Gasteiger partial charge in [-0.15, -0.1) is 0 Å². The molecule has 0 amide bonds. The maximum Gasteiger partial charge on any atom is 0.134 e. The monoisotopic (exact) mass is 286 g/mol. The highest BCUT2D eigenvalue weighted by Crippen LogP contribution is 2.31. The van der Waals surface area contributed by atoms with Gasteiger partial charge in [0.25, 0.3) is 0 Å². The zero-order chi connectivity index (χ0) is 14.8. The van der Waals surface area contributed by atoms with Crippen LogP contribution in [0.3, 0.4) is 0 Å². The third-order valence-electron chi connectivity index (χ3n) is 3.61. The molecule has 0 saturated carbocycles. The average Bonchev–Trinajstić information content (AvgIpc) is 3.26. The lowest BCUT2D eigenvalue weighted by atomic mass is 10.2. The Morgan fingerprint density at radius 3 is 2.32 bits per heavy atom. The van der Waals surface area contributed by atoms with Crippen molar-refractivity contribution in [2.45, 2.75) is 6.42 Å². The van der Waals surface area contributed by atoms with Gasteiger partial charge in [-0.05, 0) is 36.3 Å². The van der Waals surface area contributed by atoms with E-state index in [0.717, 1.165) is 35.0 Å². The minimum atomic E-state index is 0.835. The van der Waals surface area contributed by atoms with Gasteiger partial charge in [0.05, 0.1) is 17.1 Å². The lowest BCUT2D eigenvalue weighted by Crippen LogP contribution is -1.88. The van der Waals surface area contributed by atoms with Crippen molar-refractivity contribution >= 4 is 5.57 Å². The molecule has 0 atom stereocenters. The normalized spacial score (nSPS) is 13.4. The largest absolute Gasteiger partial charge is 0.336 e. The molecule has 3 aromatic heterocycles. The zero-order valence-corrected chi connectivity index (χ0v) is 11.9. The molecule has 0 aromatic carbocycles. The summed E-state index contributed by atoms with van der Waals surface area (Å²) >= 11 is 0. The molecule has 1 aliphatic rings. The van der Waals surface area contributed by atoms with E-state index < -0.39 is 0 Å². The minimum Gasteiger partial charge on any atom is -0.336 e. The molecule has 0 fully saturated rings. The molecule has 0 unspecified atom stereocenters. The van der Waals surface area contributed by atoms with Crippen molar-refractivity contribution in [1.29, 1.82) is 0 Å². The first kappa shape index (κ1) is 12.7. The molecule has 4 rings (SSSR count). The topological polar surface area (TPSA) is 54.5 Å². The number of pyridine rings is 2. The number of imidazole rings is 1. The number of aromatic nitrogens is 4. The third-order valence-corrected chi connectivity index (χ3v) is 3.61. The fraction of sp³-hybridized carbons (Fsp3) is 0.0556. The van der Waals surface area contributed by atoms with Crippen LogP contribution in [0.2, 0.25) is 0 Å². The maximum atomic E-state index is 4.77. The van der Waals surface area contributed by atoms with Crippen LogP contribution in [0.4, 0.5) is 0 Å².